The molecule has 0 unspecified atom stereocenters. The molecule has 29 heavy (non-hydrogen) atoms. The summed E-state index contributed by atoms with van der Waals surface area (Å²) in [7, 11) is 1.62. The Labute approximate surface area is 172 Å². The lowest BCUT2D eigenvalue weighted by Crippen LogP contribution is -2.50. The van der Waals surface area contributed by atoms with Gasteiger partial charge in [-0.05, 0) is 35.7 Å². The lowest BCUT2D eigenvalue weighted by atomic mass is 10.1. The van der Waals surface area contributed by atoms with Gasteiger partial charge < -0.3 is 15.0 Å². The predicted octanol–water partition coefficient (Wildman–Crippen LogP) is 2.58. The monoisotopic (exact) mass is 395 g/mol. The fraction of sp³-hybridized carbons (Fsp3) is 0.391. The number of hydrogen-bond donors (Lipinski definition) is 1. The SMILES string of the molecule is CCc1ccccc1NC(=O)CN1CCN(C(=O)Cc2cccc(OC)c2)CC1. The van der Waals surface area contributed by atoms with E-state index in [4.69, 9.17) is 4.74 Å². The highest BCUT2D eigenvalue weighted by Gasteiger charge is 2.22. The molecule has 1 aliphatic rings. The number of hydrogen-bond acceptors (Lipinski definition) is 4. The Hall–Kier alpha value is -2.86. The molecule has 154 valence electrons. The molecule has 0 radical (unpaired) electrons. The third-order valence-corrected chi connectivity index (χ3v) is 5.25. The summed E-state index contributed by atoms with van der Waals surface area (Å²) in [6, 6.07) is 15.5. The number of methoxy groups -OCH3 is 1. The van der Waals surface area contributed by atoms with Crippen molar-refractivity contribution < 1.29 is 14.3 Å². The number of carbonyl (C=O) groups excluding carboxylic acids is 2. The Morgan fingerprint density at radius 1 is 1.03 bits per heavy atom. The molecule has 0 spiro atoms. The molecule has 1 fully saturated rings. The number of aryl methyl sites for hydroxylation is 1. The number of rotatable bonds is 7. The fourth-order valence-electron chi connectivity index (χ4n) is 3.57. The minimum atomic E-state index is -0.0120. The summed E-state index contributed by atoms with van der Waals surface area (Å²) in [4.78, 5) is 29.0. The van der Waals surface area contributed by atoms with Crippen molar-refractivity contribution in [1.29, 1.82) is 0 Å². The molecule has 1 aliphatic heterocycles. The van der Waals surface area contributed by atoms with Gasteiger partial charge in [-0.3, -0.25) is 14.5 Å². The van der Waals surface area contributed by atoms with Crippen molar-refractivity contribution >= 4 is 17.5 Å². The van der Waals surface area contributed by atoms with E-state index in [9.17, 15) is 9.59 Å². The standard InChI is InChI=1S/C23H29N3O3/c1-3-19-8-4-5-10-21(19)24-22(27)17-25-11-13-26(14-12-25)23(28)16-18-7-6-9-20(15-18)29-2/h4-10,15H,3,11-14,16-17H2,1-2H3,(H,24,27). The number of piperazine rings is 1. The van der Waals surface area contributed by atoms with Gasteiger partial charge in [0, 0.05) is 31.9 Å². The Bertz CT molecular complexity index is 845. The Balaban J connectivity index is 1.46. The van der Waals surface area contributed by atoms with E-state index >= 15 is 0 Å². The minimum absolute atomic E-state index is 0.0120. The summed E-state index contributed by atoms with van der Waals surface area (Å²) in [6.07, 6.45) is 1.25. The van der Waals surface area contributed by atoms with E-state index in [1.165, 1.54) is 0 Å². The molecule has 0 saturated carbocycles. The Morgan fingerprint density at radius 2 is 1.79 bits per heavy atom. The first-order chi connectivity index (χ1) is 14.1. The van der Waals surface area contributed by atoms with Gasteiger partial charge in [-0.1, -0.05) is 37.3 Å². The van der Waals surface area contributed by atoms with Crippen molar-refractivity contribution in [3.05, 3.63) is 59.7 Å². The molecule has 0 bridgehead atoms. The molecular formula is C23H29N3O3. The molecule has 2 aromatic rings. The number of nitrogens with zero attached hydrogens (tertiary/aromatic N) is 2. The van der Waals surface area contributed by atoms with Crippen LogP contribution in [0.1, 0.15) is 18.1 Å². The van der Waals surface area contributed by atoms with Gasteiger partial charge in [0.25, 0.3) is 0 Å². The van der Waals surface area contributed by atoms with Crippen LogP contribution in [0.4, 0.5) is 5.69 Å². The zero-order valence-corrected chi connectivity index (χ0v) is 17.2. The first-order valence-electron chi connectivity index (χ1n) is 10.1. The van der Waals surface area contributed by atoms with Crippen molar-refractivity contribution in [3.63, 3.8) is 0 Å². The summed E-state index contributed by atoms with van der Waals surface area (Å²) < 4.78 is 5.22. The van der Waals surface area contributed by atoms with Crippen LogP contribution in [0.2, 0.25) is 0 Å². The van der Waals surface area contributed by atoms with Gasteiger partial charge >= 0.3 is 0 Å². The second-order valence-corrected chi connectivity index (χ2v) is 7.24. The van der Waals surface area contributed by atoms with Crippen LogP contribution in [0.5, 0.6) is 5.75 Å². The molecule has 0 aromatic heterocycles. The molecule has 6 heteroatoms. The second kappa shape index (κ2) is 10.1. The van der Waals surface area contributed by atoms with E-state index in [0.717, 1.165) is 29.0 Å². The molecule has 2 aromatic carbocycles. The van der Waals surface area contributed by atoms with Crippen molar-refractivity contribution in [2.75, 3.05) is 45.2 Å². The van der Waals surface area contributed by atoms with Gasteiger partial charge in [0.2, 0.25) is 11.8 Å². The summed E-state index contributed by atoms with van der Waals surface area (Å²) >= 11 is 0. The van der Waals surface area contributed by atoms with Crippen LogP contribution in [0.25, 0.3) is 0 Å². The van der Waals surface area contributed by atoms with Gasteiger partial charge in [0.15, 0.2) is 0 Å². The van der Waals surface area contributed by atoms with Crippen LogP contribution < -0.4 is 10.1 Å². The van der Waals surface area contributed by atoms with Gasteiger partial charge in [0.05, 0.1) is 20.1 Å². The number of amides is 2. The average Bonchev–Trinajstić information content (AvgIpc) is 2.74. The molecule has 1 saturated heterocycles. The number of carbonyl (C=O) groups is 2. The van der Waals surface area contributed by atoms with E-state index in [0.29, 0.717) is 39.1 Å². The number of ether oxygens (including phenoxy) is 1. The molecule has 6 nitrogen and oxygen atoms in total. The predicted molar refractivity (Wildman–Crippen MR) is 114 cm³/mol. The number of nitrogens with one attached hydrogen (secondary N) is 1. The molecule has 1 N–H and O–H groups in total. The third kappa shape index (κ3) is 5.81. The Morgan fingerprint density at radius 3 is 2.52 bits per heavy atom. The van der Waals surface area contributed by atoms with Crippen LogP contribution >= 0.6 is 0 Å². The number of para-hydroxylation sites is 1. The quantitative estimate of drug-likeness (QED) is 0.783. The third-order valence-electron chi connectivity index (χ3n) is 5.25. The molecule has 2 amide bonds. The largest absolute Gasteiger partial charge is 0.497 e. The van der Waals surface area contributed by atoms with E-state index in [2.05, 4.69) is 17.1 Å². The maximum absolute atomic E-state index is 12.6. The van der Waals surface area contributed by atoms with Crippen molar-refractivity contribution in [3.8, 4) is 5.75 Å². The Kier molecular flexibility index (Phi) is 7.25. The number of benzene rings is 2. The van der Waals surface area contributed by atoms with Crippen LogP contribution in [0.3, 0.4) is 0 Å². The van der Waals surface area contributed by atoms with Crippen molar-refractivity contribution in [2.45, 2.75) is 19.8 Å². The second-order valence-electron chi connectivity index (χ2n) is 7.24. The van der Waals surface area contributed by atoms with Gasteiger partial charge in [-0.2, -0.15) is 0 Å². The maximum atomic E-state index is 12.6. The van der Waals surface area contributed by atoms with Gasteiger partial charge in [0.1, 0.15) is 5.75 Å². The first kappa shape index (κ1) is 20.9. The number of anilines is 1. The maximum Gasteiger partial charge on any atom is 0.238 e. The lowest BCUT2D eigenvalue weighted by Gasteiger charge is -2.34. The topological polar surface area (TPSA) is 61.9 Å². The summed E-state index contributed by atoms with van der Waals surface area (Å²) in [5.41, 5.74) is 2.96. The van der Waals surface area contributed by atoms with Crippen molar-refractivity contribution in [1.82, 2.24) is 9.80 Å². The molecule has 0 atom stereocenters. The smallest absolute Gasteiger partial charge is 0.238 e. The summed E-state index contributed by atoms with van der Waals surface area (Å²) in [6.45, 7) is 5.10. The van der Waals surface area contributed by atoms with E-state index in [-0.39, 0.29) is 11.8 Å². The van der Waals surface area contributed by atoms with E-state index in [1.807, 2.05) is 53.4 Å². The van der Waals surface area contributed by atoms with Crippen LogP contribution in [-0.2, 0) is 22.4 Å². The van der Waals surface area contributed by atoms with Gasteiger partial charge in [-0.15, -0.1) is 0 Å². The van der Waals surface area contributed by atoms with Crippen molar-refractivity contribution in [2.24, 2.45) is 0 Å². The molecule has 3 rings (SSSR count). The summed E-state index contributed by atoms with van der Waals surface area (Å²) in [5, 5.41) is 3.01. The van der Waals surface area contributed by atoms with Crippen LogP contribution in [0, 0.1) is 0 Å². The zero-order chi connectivity index (χ0) is 20.6. The average molecular weight is 396 g/mol. The normalized spacial score (nSPS) is 14.5. The first-order valence-corrected chi connectivity index (χ1v) is 10.1. The lowest BCUT2D eigenvalue weighted by molar-refractivity contribution is -0.132. The highest BCUT2D eigenvalue weighted by molar-refractivity contribution is 5.93. The molecular weight excluding hydrogens is 366 g/mol. The van der Waals surface area contributed by atoms with E-state index in [1.54, 1.807) is 7.11 Å². The molecule has 1 heterocycles. The zero-order valence-electron chi connectivity index (χ0n) is 17.2. The fourth-order valence-corrected chi connectivity index (χ4v) is 3.57. The van der Waals surface area contributed by atoms with Crippen LogP contribution in [-0.4, -0.2) is 61.4 Å². The highest BCUT2D eigenvalue weighted by Crippen LogP contribution is 2.16. The van der Waals surface area contributed by atoms with E-state index < -0.39 is 0 Å². The van der Waals surface area contributed by atoms with Crippen LogP contribution in [0.15, 0.2) is 48.5 Å². The summed E-state index contributed by atoms with van der Waals surface area (Å²) in [5.74, 6) is 0.858. The minimum Gasteiger partial charge on any atom is -0.497 e. The van der Waals surface area contributed by atoms with Gasteiger partial charge in [-0.25, -0.2) is 0 Å². The highest BCUT2D eigenvalue weighted by atomic mass is 16.5. The molecule has 0 aliphatic carbocycles.